The molecule has 5 nitrogen and oxygen atoms in total. The third-order valence-electron chi connectivity index (χ3n) is 2.63. The first-order chi connectivity index (χ1) is 8.61. The molecule has 0 saturated carbocycles. The minimum absolute atomic E-state index is 0.0322. The van der Waals surface area contributed by atoms with Gasteiger partial charge in [-0.3, -0.25) is 9.78 Å². The van der Waals surface area contributed by atoms with Crippen LogP contribution >= 0.6 is 0 Å². The minimum Gasteiger partial charge on any atom is -0.469 e. The van der Waals surface area contributed by atoms with Crippen molar-refractivity contribution in [1.29, 1.82) is 0 Å². The van der Waals surface area contributed by atoms with Crippen molar-refractivity contribution < 1.29 is 14.6 Å². The highest BCUT2D eigenvalue weighted by Crippen LogP contribution is 2.00. The van der Waals surface area contributed by atoms with Crippen LogP contribution in [0.1, 0.15) is 12.1 Å². The highest BCUT2D eigenvalue weighted by Gasteiger charge is 2.13. The number of likely N-dealkylation sites (N-methyl/N-ethyl adjacent to an activating group) is 1. The molecule has 1 unspecified atom stereocenters. The number of pyridine rings is 1. The van der Waals surface area contributed by atoms with Crippen LogP contribution < -0.4 is 0 Å². The molecular formula is C13H20N2O3. The number of esters is 1. The number of nitrogens with zero attached hydrogens (tertiary/aromatic N) is 2. The molecule has 0 bridgehead atoms. The molecule has 1 N–H and O–H groups in total. The maximum absolute atomic E-state index is 11.0. The SMILES string of the molecule is COC(=O)CC(O)CN(C)CCc1ccccn1. The van der Waals surface area contributed by atoms with E-state index in [0.717, 1.165) is 18.7 Å². The summed E-state index contributed by atoms with van der Waals surface area (Å²) in [5.74, 6) is -0.388. The van der Waals surface area contributed by atoms with Crippen molar-refractivity contribution in [3.63, 3.8) is 0 Å². The molecule has 1 aromatic rings. The third kappa shape index (κ3) is 5.75. The van der Waals surface area contributed by atoms with Crippen LogP contribution in [0, 0.1) is 0 Å². The van der Waals surface area contributed by atoms with E-state index in [4.69, 9.17) is 0 Å². The van der Waals surface area contributed by atoms with E-state index in [0.29, 0.717) is 6.54 Å². The van der Waals surface area contributed by atoms with Gasteiger partial charge in [0.1, 0.15) is 0 Å². The minimum atomic E-state index is -0.689. The molecular weight excluding hydrogens is 232 g/mol. The number of aliphatic hydroxyl groups excluding tert-OH is 1. The molecule has 18 heavy (non-hydrogen) atoms. The normalized spacial score (nSPS) is 12.4. The Morgan fingerprint density at radius 3 is 2.94 bits per heavy atom. The Kier molecular flexibility index (Phi) is 6.32. The summed E-state index contributed by atoms with van der Waals surface area (Å²) in [6.07, 6.45) is 1.93. The Morgan fingerprint density at radius 2 is 2.33 bits per heavy atom. The van der Waals surface area contributed by atoms with Gasteiger partial charge in [0.05, 0.1) is 19.6 Å². The van der Waals surface area contributed by atoms with E-state index in [2.05, 4.69) is 9.72 Å². The van der Waals surface area contributed by atoms with Crippen molar-refractivity contribution in [2.45, 2.75) is 18.9 Å². The van der Waals surface area contributed by atoms with Crippen molar-refractivity contribution in [3.05, 3.63) is 30.1 Å². The highest BCUT2D eigenvalue weighted by molar-refractivity contribution is 5.69. The third-order valence-corrected chi connectivity index (χ3v) is 2.63. The van der Waals surface area contributed by atoms with Gasteiger partial charge in [-0.05, 0) is 19.2 Å². The smallest absolute Gasteiger partial charge is 0.308 e. The quantitative estimate of drug-likeness (QED) is 0.715. The van der Waals surface area contributed by atoms with Gasteiger partial charge in [0.15, 0.2) is 0 Å². The first kappa shape index (κ1) is 14.6. The van der Waals surface area contributed by atoms with Crippen LogP contribution in [0.25, 0.3) is 0 Å². The predicted molar refractivity (Wildman–Crippen MR) is 68.1 cm³/mol. The second-order valence-corrected chi connectivity index (χ2v) is 4.27. The van der Waals surface area contributed by atoms with Gasteiger partial charge in [0.2, 0.25) is 0 Å². The Hall–Kier alpha value is -1.46. The number of hydrogen-bond donors (Lipinski definition) is 1. The monoisotopic (exact) mass is 252 g/mol. The molecule has 100 valence electrons. The van der Waals surface area contributed by atoms with Crippen LogP contribution in [0.3, 0.4) is 0 Å². The van der Waals surface area contributed by atoms with E-state index in [1.807, 2.05) is 30.1 Å². The Bertz CT molecular complexity index is 357. The van der Waals surface area contributed by atoms with Crippen molar-refractivity contribution in [1.82, 2.24) is 9.88 Å². The highest BCUT2D eigenvalue weighted by atomic mass is 16.5. The molecule has 0 aliphatic rings. The van der Waals surface area contributed by atoms with Gasteiger partial charge in [-0.1, -0.05) is 6.07 Å². The molecule has 1 aromatic heterocycles. The van der Waals surface area contributed by atoms with Gasteiger partial charge >= 0.3 is 5.97 Å². The fourth-order valence-electron chi connectivity index (χ4n) is 1.64. The molecule has 0 fully saturated rings. The van der Waals surface area contributed by atoms with E-state index in [1.54, 1.807) is 6.20 Å². The molecule has 1 atom stereocenters. The zero-order valence-electron chi connectivity index (χ0n) is 10.9. The number of ether oxygens (including phenoxy) is 1. The maximum atomic E-state index is 11.0. The number of carbonyl (C=O) groups excluding carboxylic acids is 1. The number of hydrogen-bond acceptors (Lipinski definition) is 5. The molecule has 0 aliphatic carbocycles. The second-order valence-electron chi connectivity index (χ2n) is 4.27. The van der Waals surface area contributed by atoms with Crippen molar-refractivity contribution >= 4 is 5.97 Å². The lowest BCUT2D eigenvalue weighted by atomic mass is 10.2. The van der Waals surface area contributed by atoms with Gasteiger partial charge in [0, 0.05) is 31.4 Å². The maximum Gasteiger partial charge on any atom is 0.308 e. The molecule has 0 radical (unpaired) electrons. The summed E-state index contributed by atoms with van der Waals surface area (Å²) in [6.45, 7) is 1.23. The predicted octanol–water partition coefficient (Wildman–Crippen LogP) is 0.480. The fraction of sp³-hybridized carbons (Fsp3) is 0.538. The zero-order chi connectivity index (χ0) is 13.4. The number of methoxy groups -OCH3 is 1. The van der Waals surface area contributed by atoms with Gasteiger partial charge in [-0.2, -0.15) is 0 Å². The van der Waals surface area contributed by atoms with Gasteiger partial charge in [-0.25, -0.2) is 0 Å². The van der Waals surface area contributed by atoms with Crippen molar-refractivity contribution in [3.8, 4) is 0 Å². The molecule has 5 heteroatoms. The van der Waals surface area contributed by atoms with E-state index in [1.165, 1.54) is 7.11 Å². The largest absolute Gasteiger partial charge is 0.469 e. The summed E-state index contributed by atoms with van der Waals surface area (Å²) in [5.41, 5.74) is 1.02. The lowest BCUT2D eigenvalue weighted by Crippen LogP contribution is -2.32. The summed E-state index contributed by atoms with van der Waals surface area (Å²) in [6, 6.07) is 5.81. The molecule has 0 saturated heterocycles. The standard InChI is InChI=1S/C13H20N2O3/c1-15(10-12(16)9-13(17)18-2)8-6-11-5-3-4-7-14-11/h3-5,7,12,16H,6,8-10H2,1-2H3. The number of aromatic nitrogens is 1. The first-order valence-electron chi connectivity index (χ1n) is 5.95. The molecule has 0 spiro atoms. The van der Waals surface area contributed by atoms with Crippen LogP contribution in [0.5, 0.6) is 0 Å². The lowest BCUT2D eigenvalue weighted by molar-refractivity contribution is -0.143. The van der Waals surface area contributed by atoms with Crippen LogP contribution in [0.4, 0.5) is 0 Å². The molecule has 1 rings (SSSR count). The summed E-state index contributed by atoms with van der Waals surface area (Å²) >= 11 is 0. The zero-order valence-corrected chi connectivity index (χ0v) is 10.9. The van der Waals surface area contributed by atoms with Gasteiger partial charge < -0.3 is 14.7 Å². The summed E-state index contributed by atoms with van der Waals surface area (Å²) < 4.78 is 4.50. The number of aliphatic hydroxyl groups is 1. The number of carbonyl (C=O) groups is 1. The van der Waals surface area contributed by atoms with Crippen LogP contribution in [0.15, 0.2) is 24.4 Å². The molecule has 0 aliphatic heterocycles. The van der Waals surface area contributed by atoms with Crippen molar-refractivity contribution in [2.24, 2.45) is 0 Å². The Labute approximate surface area is 107 Å². The van der Waals surface area contributed by atoms with Crippen molar-refractivity contribution in [2.75, 3.05) is 27.2 Å². The van der Waals surface area contributed by atoms with Crippen LogP contribution in [0.2, 0.25) is 0 Å². The average molecular weight is 252 g/mol. The first-order valence-corrected chi connectivity index (χ1v) is 5.95. The van der Waals surface area contributed by atoms with E-state index in [-0.39, 0.29) is 12.4 Å². The van der Waals surface area contributed by atoms with E-state index in [9.17, 15) is 9.90 Å². The summed E-state index contributed by atoms with van der Waals surface area (Å²) in [7, 11) is 3.23. The molecule has 1 heterocycles. The topological polar surface area (TPSA) is 62.7 Å². The molecule has 0 aromatic carbocycles. The summed E-state index contributed by atoms with van der Waals surface area (Å²) in [4.78, 5) is 17.2. The van der Waals surface area contributed by atoms with E-state index >= 15 is 0 Å². The van der Waals surface area contributed by atoms with Crippen LogP contribution in [-0.2, 0) is 16.0 Å². The van der Waals surface area contributed by atoms with E-state index < -0.39 is 6.10 Å². The van der Waals surface area contributed by atoms with Gasteiger partial charge in [-0.15, -0.1) is 0 Å². The Morgan fingerprint density at radius 1 is 1.56 bits per heavy atom. The van der Waals surface area contributed by atoms with Gasteiger partial charge in [0.25, 0.3) is 0 Å². The molecule has 0 amide bonds. The second kappa shape index (κ2) is 7.79. The average Bonchev–Trinajstić information content (AvgIpc) is 2.37. The van der Waals surface area contributed by atoms with Crippen LogP contribution in [-0.4, -0.2) is 54.3 Å². The lowest BCUT2D eigenvalue weighted by Gasteiger charge is -2.19. The summed E-state index contributed by atoms with van der Waals surface area (Å²) in [5, 5.41) is 9.66. The fourth-order valence-corrected chi connectivity index (χ4v) is 1.64. The number of rotatable bonds is 7. The Balaban J connectivity index is 2.25.